The fourth-order valence-electron chi connectivity index (χ4n) is 4.75. The van der Waals surface area contributed by atoms with Crippen LogP contribution in [0.3, 0.4) is 0 Å². The van der Waals surface area contributed by atoms with Crippen LogP contribution in [0.2, 0.25) is 0 Å². The molecule has 0 unspecified atom stereocenters. The van der Waals surface area contributed by atoms with Gasteiger partial charge in [-0.25, -0.2) is 9.80 Å². The first-order chi connectivity index (χ1) is 17.0. The molecule has 0 saturated carbocycles. The zero-order valence-electron chi connectivity index (χ0n) is 19.9. The van der Waals surface area contributed by atoms with Crippen LogP contribution < -0.4 is 4.74 Å². The van der Waals surface area contributed by atoms with E-state index in [-0.39, 0.29) is 18.6 Å². The third-order valence-electron chi connectivity index (χ3n) is 6.72. The molecule has 2 aliphatic rings. The molecule has 0 bridgehead atoms. The lowest BCUT2D eigenvalue weighted by Crippen LogP contribution is -2.31. The van der Waals surface area contributed by atoms with Crippen molar-refractivity contribution in [1.29, 1.82) is 0 Å². The second-order valence-electron chi connectivity index (χ2n) is 9.12. The van der Waals surface area contributed by atoms with Crippen molar-refractivity contribution in [3.05, 3.63) is 87.1 Å². The molecule has 2 atom stereocenters. The van der Waals surface area contributed by atoms with Crippen LogP contribution in [0.25, 0.3) is 0 Å². The first kappa shape index (κ1) is 23.3. The Bertz CT molecular complexity index is 1250. The minimum Gasteiger partial charge on any atom is -0.497 e. The quantitative estimate of drug-likeness (QED) is 0.435. The van der Waals surface area contributed by atoms with Gasteiger partial charge in [-0.05, 0) is 54.0 Å². The Morgan fingerprint density at radius 3 is 2.60 bits per heavy atom. The van der Waals surface area contributed by atoms with E-state index >= 15 is 0 Å². The number of nitrogens with zero attached hydrogens (tertiary/aromatic N) is 2. The highest BCUT2D eigenvalue weighted by molar-refractivity contribution is 7.10. The summed E-state index contributed by atoms with van der Waals surface area (Å²) < 4.78 is 10.8. The van der Waals surface area contributed by atoms with E-state index in [9.17, 15) is 9.59 Å². The Labute approximate surface area is 209 Å². The van der Waals surface area contributed by atoms with Crippen LogP contribution in [0.1, 0.15) is 57.7 Å². The van der Waals surface area contributed by atoms with E-state index in [4.69, 9.17) is 9.47 Å². The molecule has 1 aromatic heterocycles. The predicted octanol–water partition coefficient (Wildman–Crippen LogP) is 5.42. The number of esters is 1. The number of amides is 1. The first-order valence-electron chi connectivity index (χ1n) is 11.9. The molecular formula is C28H28N2O4S. The van der Waals surface area contributed by atoms with Gasteiger partial charge in [0.1, 0.15) is 5.75 Å². The highest BCUT2D eigenvalue weighted by Gasteiger charge is 2.34. The number of carbonyl (C=O) groups is 2. The molecule has 1 amide bonds. The van der Waals surface area contributed by atoms with Gasteiger partial charge in [0.2, 0.25) is 0 Å². The third kappa shape index (κ3) is 4.86. The Kier molecular flexibility index (Phi) is 6.68. The molecule has 1 aliphatic carbocycles. The van der Waals surface area contributed by atoms with Gasteiger partial charge in [0.05, 0.1) is 24.4 Å². The highest BCUT2D eigenvalue weighted by atomic mass is 32.1. The Hall–Kier alpha value is -3.45. The average Bonchev–Trinajstić information content (AvgIpc) is 3.52. The molecular weight excluding hydrogens is 460 g/mol. The van der Waals surface area contributed by atoms with Crippen LogP contribution in [-0.2, 0) is 22.4 Å². The molecule has 0 radical (unpaired) electrons. The van der Waals surface area contributed by atoms with E-state index in [1.165, 1.54) is 9.89 Å². The number of hydrazone groups is 1. The van der Waals surface area contributed by atoms with Crippen LogP contribution in [0.5, 0.6) is 5.75 Å². The lowest BCUT2D eigenvalue weighted by atomic mass is 9.88. The van der Waals surface area contributed by atoms with E-state index in [2.05, 4.69) is 12.0 Å². The Morgan fingerprint density at radius 1 is 1.09 bits per heavy atom. The molecule has 0 spiro atoms. The van der Waals surface area contributed by atoms with Crippen molar-refractivity contribution in [2.24, 2.45) is 11.0 Å². The van der Waals surface area contributed by atoms with Crippen molar-refractivity contribution in [3.63, 3.8) is 0 Å². The Balaban J connectivity index is 1.33. The number of rotatable bonds is 6. The Morgan fingerprint density at radius 2 is 1.86 bits per heavy atom. The summed E-state index contributed by atoms with van der Waals surface area (Å²) in [6, 6.07) is 17.2. The molecule has 2 heterocycles. The SMILES string of the molecule is COc1ccc([C@H]2CC(c3ccccc3)=NN2C(=O)COC(=O)c2csc3c2CC[C@@H](C)C3)cc1. The van der Waals surface area contributed by atoms with E-state index in [1.807, 2.05) is 60.0 Å². The van der Waals surface area contributed by atoms with Gasteiger partial charge < -0.3 is 9.47 Å². The summed E-state index contributed by atoms with van der Waals surface area (Å²) >= 11 is 1.61. The number of methoxy groups -OCH3 is 1. The average molecular weight is 489 g/mol. The summed E-state index contributed by atoms with van der Waals surface area (Å²) in [7, 11) is 1.62. The summed E-state index contributed by atoms with van der Waals surface area (Å²) in [6.45, 7) is 1.89. The summed E-state index contributed by atoms with van der Waals surface area (Å²) in [6.07, 6.45) is 3.53. The van der Waals surface area contributed by atoms with Gasteiger partial charge in [0, 0.05) is 16.7 Å². The normalized spacial score (nSPS) is 19.1. The van der Waals surface area contributed by atoms with Gasteiger partial charge in [0.15, 0.2) is 6.61 Å². The van der Waals surface area contributed by atoms with Crippen LogP contribution in [0.15, 0.2) is 65.1 Å². The molecule has 180 valence electrons. The maximum atomic E-state index is 13.3. The standard InChI is InChI=1S/C28H28N2O4S/c1-18-8-13-22-23(17-35-26(22)14-18)28(32)34-16-27(31)30-25(20-9-11-21(33-2)12-10-20)15-24(29-30)19-6-4-3-5-7-19/h3-7,9-12,17-18,25H,8,13-16H2,1-2H3/t18-,25-/m1/s1. The molecule has 0 N–H and O–H groups in total. The van der Waals surface area contributed by atoms with E-state index in [0.29, 0.717) is 17.9 Å². The number of hydrogen-bond donors (Lipinski definition) is 0. The lowest BCUT2D eigenvalue weighted by Gasteiger charge is -2.22. The van der Waals surface area contributed by atoms with Crippen LogP contribution >= 0.6 is 11.3 Å². The number of carbonyl (C=O) groups excluding carboxylic acids is 2. The van der Waals surface area contributed by atoms with E-state index in [0.717, 1.165) is 47.4 Å². The van der Waals surface area contributed by atoms with Crippen LogP contribution in [-0.4, -0.2) is 36.3 Å². The number of fused-ring (bicyclic) bond motifs is 1. The molecule has 35 heavy (non-hydrogen) atoms. The molecule has 1 aliphatic heterocycles. The zero-order valence-corrected chi connectivity index (χ0v) is 20.7. The summed E-state index contributed by atoms with van der Waals surface area (Å²) in [5.74, 6) is 0.602. The fourth-order valence-corrected chi connectivity index (χ4v) is 5.98. The van der Waals surface area contributed by atoms with Crippen molar-refractivity contribution < 1.29 is 19.1 Å². The number of thiophene rings is 1. The van der Waals surface area contributed by atoms with Crippen molar-refractivity contribution in [2.75, 3.05) is 13.7 Å². The lowest BCUT2D eigenvalue weighted by molar-refractivity contribution is -0.136. The minimum atomic E-state index is -0.433. The van der Waals surface area contributed by atoms with Gasteiger partial charge in [-0.3, -0.25) is 4.79 Å². The van der Waals surface area contributed by atoms with Crippen molar-refractivity contribution in [2.45, 2.75) is 38.6 Å². The van der Waals surface area contributed by atoms with Crippen LogP contribution in [0.4, 0.5) is 0 Å². The van der Waals surface area contributed by atoms with Crippen LogP contribution in [0, 0.1) is 5.92 Å². The smallest absolute Gasteiger partial charge is 0.339 e. The monoisotopic (exact) mass is 488 g/mol. The molecule has 3 aromatic rings. The van der Waals surface area contributed by atoms with Crippen molar-refractivity contribution in [3.8, 4) is 5.75 Å². The summed E-state index contributed by atoms with van der Waals surface area (Å²) in [5, 5.41) is 7.99. The number of hydrogen-bond acceptors (Lipinski definition) is 6. The topological polar surface area (TPSA) is 68.2 Å². The second kappa shape index (κ2) is 10.0. The molecule has 6 nitrogen and oxygen atoms in total. The first-order valence-corrected chi connectivity index (χ1v) is 12.8. The second-order valence-corrected chi connectivity index (χ2v) is 10.1. The van der Waals surface area contributed by atoms with Gasteiger partial charge in [-0.2, -0.15) is 5.10 Å². The summed E-state index contributed by atoms with van der Waals surface area (Å²) in [4.78, 5) is 27.4. The minimum absolute atomic E-state index is 0.280. The fraction of sp³-hybridized carbons (Fsp3) is 0.321. The van der Waals surface area contributed by atoms with E-state index in [1.54, 1.807) is 18.4 Å². The maximum Gasteiger partial charge on any atom is 0.339 e. The molecule has 0 fully saturated rings. The van der Waals surface area contributed by atoms with Gasteiger partial charge in [-0.15, -0.1) is 11.3 Å². The van der Waals surface area contributed by atoms with Crippen molar-refractivity contribution >= 4 is 28.9 Å². The molecule has 0 saturated heterocycles. The van der Waals surface area contributed by atoms with Gasteiger partial charge >= 0.3 is 5.97 Å². The largest absolute Gasteiger partial charge is 0.497 e. The summed E-state index contributed by atoms with van der Waals surface area (Å²) in [5.41, 5.74) is 4.43. The molecule has 7 heteroatoms. The predicted molar refractivity (Wildman–Crippen MR) is 136 cm³/mol. The third-order valence-corrected chi connectivity index (χ3v) is 7.77. The number of ether oxygens (including phenoxy) is 2. The van der Waals surface area contributed by atoms with E-state index < -0.39 is 5.97 Å². The van der Waals surface area contributed by atoms with Gasteiger partial charge in [0.25, 0.3) is 5.91 Å². The molecule has 5 rings (SSSR count). The highest BCUT2D eigenvalue weighted by Crippen LogP contribution is 2.35. The van der Waals surface area contributed by atoms with Crippen molar-refractivity contribution in [1.82, 2.24) is 5.01 Å². The number of benzene rings is 2. The zero-order chi connectivity index (χ0) is 24.4. The van der Waals surface area contributed by atoms with Gasteiger partial charge in [-0.1, -0.05) is 49.4 Å². The molecule has 2 aromatic carbocycles. The maximum absolute atomic E-state index is 13.3.